The lowest BCUT2D eigenvalue weighted by Gasteiger charge is -2.05. The molecule has 5 heteroatoms. The molecular formula is C12H19NO2S2. The topological polar surface area (TPSA) is 46.2 Å². The molecule has 0 aromatic heterocycles. The molecule has 0 aliphatic rings. The average Bonchev–Trinajstić information content (AvgIpc) is 2.28. The molecule has 0 bridgehead atoms. The molecule has 0 fully saturated rings. The monoisotopic (exact) mass is 273 g/mol. The summed E-state index contributed by atoms with van der Waals surface area (Å²) in [5, 5.41) is 3.32. The molecule has 3 nitrogen and oxygen atoms in total. The van der Waals surface area contributed by atoms with E-state index in [2.05, 4.69) is 12.2 Å². The summed E-state index contributed by atoms with van der Waals surface area (Å²) in [5.74, 6) is 2.25. The molecule has 0 unspecified atom stereocenters. The van der Waals surface area contributed by atoms with Gasteiger partial charge >= 0.3 is 0 Å². The Morgan fingerprint density at radius 2 is 1.88 bits per heavy atom. The van der Waals surface area contributed by atoms with Gasteiger partial charge in [0.05, 0.1) is 4.90 Å². The molecule has 0 heterocycles. The van der Waals surface area contributed by atoms with E-state index >= 15 is 0 Å². The number of hydrogen-bond donors (Lipinski definition) is 1. The van der Waals surface area contributed by atoms with Crippen LogP contribution >= 0.6 is 11.8 Å². The van der Waals surface area contributed by atoms with Crippen molar-refractivity contribution in [2.45, 2.75) is 18.4 Å². The van der Waals surface area contributed by atoms with E-state index in [4.69, 9.17) is 0 Å². The maximum absolute atomic E-state index is 11.3. The lowest BCUT2D eigenvalue weighted by atomic mass is 10.2. The second kappa shape index (κ2) is 7.03. The molecule has 0 saturated carbocycles. The Morgan fingerprint density at radius 1 is 1.24 bits per heavy atom. The second-order valence-corrected chi connectivity index (χ2v) is 7.20. The highest BCUT2D eigenvalue weighted by Crippen LogP contribution is 2.10. The molecule has 0 aliphatic heterocycles. The van der Waals surface area contributed by atoms with Crippen LogP contribution in [0.5, 0.6) is 0 Å². The summed E-state index contributed by atoms with van der Waals surface area (Å²) in [6.45, 7) is 3.91. The van der Waals surface area contributed by atoms with E-state index in [1.165, 1.54) is 6.26 Å². The summed E-state index contributed by atoms with van der Waals surface area (Å²) in [5.41, 5.74) is 1.11. The van der Waals surface area contributed by atoms with Gasteiger partial charge in [-0.05, 0) is 23.4 Å². The Balaban J connectivity index is 2.41. The van der Waals surface area contributed by atoms with Gasteiger partial charge in [-0.3, -0.25) is 0 Å². The molecule has 0 amide bonds. The van der Waals surface area contributed by atoms with Gasteiger partial charge in [0.15, 0.2) is 9.84 Å². The van der Waals surface area contributed by atoms with E-state index in [1.807, 2.05) is 23.9 Å². The first-order valence-electron chi connectivity index (χ1n) is 5.61. The smallest absolute Gasteiger partial charge is 0.175 e. The summed E-state index contributed by atoms with van der Waals surface area (Å²) >= 11 is 1.91. The first kappa shape index (κ1) is 14.5. The van der Waals surface area contributed by atoms with Crippen LogP contribution in [0.4, 0.5) is 0 Å². The summed E-state index contributed by atoms with van der Waals surface area (Å²) in [4.78, 5) is 0.378. The minimum absolute atomic E-state index is 0.378. The first-order valence-corrected chi connectivity index (χ1v) is 8.66. The van der Waals surface area contributed by atoms with Crippen LogP contribution in [-0.4, -0.2) is 32.7 Å². The highest BCUT2D eigenvalue weighted by Gasteiger charge is 2.05. The van der Waals surface area contributed by atoms with Crippen LogP contribution in [0.1, 0.15) is 12.5 Å². The highest BCUT2D eigenvalue weighted by atomic mass is 32.2. The molecule has 1 aromatic rings. The zero-order chi connectivity index (χ0) is 12.7. The van der Waals surface area contributed by atoms with Crippen molar-refractivity contribution in [1.29, 1.82) is 0 Å². The molecule has 0 atom stereocenters. The molecule has 0 spiro atoms. The zero-order valence-electron chi connectivity index (χ0n) is 10.3. The molecule has 1 aromatic carbocycles. The van der Waals surface area contributed by atoms with Crippen LogP contribution in [0.2, 0.25) is 0 Å². The van der Waals surface area contributed by atoms with Crippen LogP contribution in [0.3, 0.4) is 0 Å². The standard InChI is InChI=1S/C12H19NO2S2/c1-3-16-9-8-13-10-11-4-6-12(7-5-11)17(2,14)15/h4-7,13H,3,8-10H2,1-2H3. The quantitative estimate of drug-likeness (QED) is 0.771. The third-order valence-corrected chi connectivity index (χ3v) is 4.34. The molecular weight excluding hydrogens is 254 g/mol. The van der Waals surface area contributed by atoms with Crippen LogP contribution in [0, 0.1) is 0 Å². The number of sulfone groups is 1. The highest BCUT2D eigenvalue weighted by molar-refractivity contribution is 7.99. The van der Waals surface area contributed by atoms with Crippen molar-refractivity contribution in [3.8, 4) is 0 Å². The summed E-state index contributed by atoms with van der Waals surface area (Å²) in [6, 6.07) is 7.03. The summed E-state index contributed by atoms with van der Waals surface area (Å²) < 4.78 is 22.5. The number of thioether (sulfide) groups is 1. The van der Waals surface area contributed by atoms with Crippen molar-refractivity contribution in [2.24, 2.45) is 0 Å². The van der Waals surface area contributed by atoms with E-state index in [-0.39, 0.29) is 0 Å². The minimum atomic E-state index is -3.08. The summed E-state index contributed by atoms with van der Waals surface area (Å²) in [6.07, 6.45) is 1.22. The Hall–Kier alpha value is -0.520. The molecule has 1 rings (SSSR count). The lowest BCUT2D eigenvalue weighted by molar-refractivity contribution is 0.602. The van der Waals surface area contributed by atoms with Crippen LogP contribution in [0.25, 0.3) is 0 Å². The maximum atomic E-state index is 11.3. The van der Waals surface area contributed by atoms with Gasteiger partial charge in [0, 0.05) is 25.1 Å². The van der Waals surface area contributed by atoms with Gasteiger partial charge in [0.25, 0.3) is 0 Å². The number of rotatable bonds is 7. The van der Waals surface area contributed by atoms with E-state index in [1.54, 1.807) is 12.1 Å². The second-order valence-electron chi connectivity index (χ2n) is 3.79. The van der Waals surface area contributed by atoms with Gasteiger partial charge in [0.2, 0.25) is 0 Å². The Labute approximate surface area is 108 Å². The molecule has 96 valence electrons. The SMILES string of the molecule is CCSCCNCc1ccc(S(C)(=O)=O)cc1. The van der Waals surface area contributed by atoms with Crippen molar-refractivity contribution < 1.29 is 8.42 Å². The van der Waals surface area contributed by atoms with Crippen molar-refractivity contribution >= 4 is 21.6 Å². The minimum Gasteiger partial charge on any atom is -0.312 e. The van der Waals surface area contributed by atoms with Crippen LogP contribution in [-0.2, 0) is 16.4 Å². The lowest BCUT2D eigenvalue weighted by Crippen LogP contribution is -2.16. The van der Waals surface area contributed by atoms with E-state index in [9.17, 15) is 8.42 Å². The van der Waals surface area contributed by atoms with Crippen molar-refractivity contribution in [2.75, 3.05) is 24.3 Å². The summed E-state index contributed by atoms with van der Waals surface area (Å²) in [7, 11) is -3.08. The van der Waals surface area contributed by atoms with Crippen molar-refractivity contribution in [3.63, 3.8) is 0 Å². The molecule has 17 heavy (non-hydrogen) atoms. The van der Waals surface area contributed by atoms with Gasteiger partial charge in [-0.1, -0.05) is 19.1 Å². The number of hydrogen-bond acceptors (Lipinski definition) is 4. The van der Waals surface area contributed by atoms with E-state index in [0.717, 1.165) is 30.2 Å². The van der Waals surface area contributed by atoms with E-state index < -0.39 is 9.84 Å². The van der Waals surface area contributed by atoms with Gasteiger partial charge in [-0.2, -0.15) is 11.8 Å². The van der Waals surface area contributed by atoms with E-state index in [0.29, 0.717) is 4.90 Å². The predicted octanol–water partition coefficient (Wildman–Crippen LogP) is 1.93. The Bertz CT molecular complexity index is 426. The third kappa shape index (κ3) is 5.57. The fraction of sp³-hybridized carbons (Fsp3) is 0.500. The molecule has 1 N–H and O–H groups in total. The molecule has 0 saturated heterocycles. The normalized spacial score (nSPS) is 11.6. The fourth-order valence-corrected chi connectivity index (χ4v) is 2.58. The van der Waals surface area contributed by atoms with Gasteiger partial charge in [-0.15, -0.1) is 0 Å². The predicted molar refractivity (Wildman–Crippen MR) is 74.3 cm³/mol. The third-order valence-electron chi connectivity index (χ3n) is 2.31. The molecule has 0 aliphatic carbocycles. The van der Waals surface area contributed by atoms with Crippen molar-refractivity contribution in [1.82, 2.24) is 5.32 Å². The fourth-order valence-electron chi connectivity index (χ4n) is 1.38. The van der Waals surface area contributed by atoms with Gasteiger partial charge in [-0.25, -0.2) is 8.42 Å². The zero-order valence-corrected chi connectivity index (χ0v) is 11.9. The van der Waals surface area contributed by atoms with Crippen LogP contribution in [0.15, 0.2) is 29.2 Å². The molecule has 0 radical (unpaired) electrons. The Morgan fingerprint density at radius 3 is 2.41 bits per heavy atom. The maximum Gasteiger partial charge on any atom is 0.175 e. The number of benzene rings is 1. The number of nitrogens with one attached hydrogen (secondary N) is 1. The largest absolute Gasteiger partial charge is 0.312 e. The first-order chi connectivity index (χ1) is 8.04. The van der Waals surface area contributed by atoms with Crippen molar-refractivity contribution in [3.05, 3.63) is 29.8 Å². The van der Waals surface area contributed by atoms with Gasteiger partial charge < -0.3 is 5.32 Å². The Kier molecular flexibility index (Phi) is 6.02. The average molecular weight is 273 g/mol. The van der Waals surface area contributed by atoms with Gasteiger partial charge in [0.1, 0.15) is 0 Å². The van der Waals surface area contributed by atoms with Crippen LogP contribution < -0.4 is 5.32 Å².